The van der Waals surface area contributed by atoms with Crippen LogP contribution in [0.3, 0.4) is 0 Å². The summed E-state index contributed by atoms with van der Waals surface area (Å²) < 4.78 is 1.71. The number of nitrogens with one attached hydrogen (secondary N) is 2. The molecule has 0 saturated heterocycles. The highest BCUT2D eigenvalue weighted by molar-refractivity contribution is 7.99. The largest absolute Gasteiger partial charge is 0.345 e. The zero-order valence-corrected chi connectivity index (χ0v) is 17.7. The quantitative estimate of drug-likeness (QED) is 0.313. The summed E-state index contributed by atoms with van der Waals surface area (Å²) in [4.78, 5) is 34.5. The van der Waals surface area contributed by atoms with Gasteiger partial charge in [0, 0.05) is 30.4 Å². The zero-order chi connectivity index (χ0) is 22.4. The molecule has 10 nitrogen and oxygen atoms in total. The van der Waals surface area contributed by atoms with Crippen LogP contribution in [-0.4, -0.2) is 37.3 Å². The van der Waals surface area contributed by atoms with Crippen LogP contribution in [0.4, 0.5) is 11.4 Å². The third-order valence-electron chi connectivity index (χ3n) is 4.34. The molecule has 0 atom stereocenters. The number of aryl methyl sites for hydroxylation is 1. The van der Waals surface area contributed by atoms with Gasteiger partial charge in [-0.2, -0.15) is 0 Å². The number of carbonyl (C=O) groups excluding carboxylic acids is 2. The Morgan fingerprint density at radius 2 is 1.77 bits per heavy atom. The van der Waals surface area contributed by atoms with Crippen LogP contribution in [0.2, 0.25) is 0 Å². The molecule has 3 aromatic rings. The minimum atomic E-state index is -0.504. The summed E-state index contributed by atoms with van der Waals surface area (Å²) in [7, 11) is 1.75. The Kier molecular flexibility index (Phi) is 6.98. The van der Waals surface area contributed by atoms with Crippen molar-refractivity contribution >= 4 is 35.0 Å². The molecular weight excluding hydrogens is 420 g/mol. The second kappa shape index (κ2) is 9.85. The van der Waals surface area contributed by atoms with Crippen molar-refractivity contribution in [3.8, 4) is 0 Å². The Labute approximate surface area is 182 Å². The molecule has 0 radical (unpaired) electrons. The number of nitro benzene ring substituents is 1. The van der Waals surface area contributed by atoms with Gasteiger partial charge in [0.2, 0.25) is 5.91 Å². The highest BCUT2D eigenvalue weighted by atomic mass is 32.2. The number of hydrogen-bond donors (Lipinski definition) is 2. The van der Waals surface area contributed by atoms with Gasteiger partial charge in [-0.05, 0) is 31.2 Å². The standard InChI is InChI=1S/C20H20N6O4S/c1-13-3-5-14(6-4-13)19(28)21-11-17-23-24-20(25(17)2)31-12-18(27)22-15-7-9-16(10-8-15)26(29)30/h3-10H,11-12H2,1-2H3,(H,21,28)(H,22,27). The number of amides is 2. The Morgan fingerprint density at radius 1 is 1.10 bits per heavy atom. The first kappa shape index (κ1) is 22.0. The zero-order valence-electron chi connectivity index (χ0n) is 16.9. The lowest BCUT2D eigenvalue weighted by Gasteiger charge is -2.07. The van der Waals surface area contributed by atoms with Crippen LogP contribution in [0.5, 0.6) is 0 Å². The van der Waals surface area contributed by atoms with E-state index in [-0.39, 0.29) is 29.8 Å². The van der Waals surface area contributed by atoms with Crippen LogP contribution in [0, 0.1) is 17.0 Å². The van der Waals surface area contributed by atoms with Crippen molar-refractivity contribution in [2.45, 2.75) is 18.6 Å². The first-order valence-corrected chi connectivity index (χ1v) is 10.2. The molecular formula is C20H20N6O4S. The summed E-state index contributed by atoms with van der Waals surface area (Å²) in [5.74, 6) is 0.146. The molecule has 31 heavy (non-hydrogen) atoms. The molecule has 2 N–H and O–H groups in total. The molecule has 3 rings (SSSR count). The fourth-order valence-electron chi connectivity index (χ4n) is 2.58. The number of carbonyl (C=O) groups is 2. The van der Waals surface area contributed by atoms with E-state index in [1.54, 1.807) is 23.7 Å². The second-order valence-electron chi connectivity index (χ2n) is 6.65. The summed E-state index contributed by atoms with van der Waals surface area (Å²) in [6.45, 7) is 2.15. The van der Waals surface area contributed by atoms with E-state index in [1.165, 1.54) is 36.0 Å². The predicted molar refractivity (Wildman–Crippen MR) is 116 cm³/mol. The minimum Gasteiger partial charge on any atom is -0.345 e. The number of benzene rings is 2. The molecule has 0 aliphatic heterocycles. The van der Waals surface area contributed by atoms with E-state index in [4.69, 9.17) is 0 Å². The highest BCUT2D eigenvalue weighted by Gasteiger charge is 2.13. The van der Waals surface area contributed by atoms with E-state index in [1.807, 2.05) is 19.1 Å². The summed E-state index contributed by atoms with van der Waals surface area (Å²) in [6.07, 6.45) is 0. The number of anilines is 1. The maximum Gasteiger partial charge on any atom is 0.269 e. The van der Waals surface area contributed by atoms with Gasteiger partial charge >= 0.3 is 0 Å². The van der Waals surface area contributed by atoms with E-state index in [0.717, 1.165) is 5.56 Å². The van der Waals surface area contributed by atoms with Gasteiger partial charge in [-0.15, -0.1) is 10.2 Å². The molecule has 0 bridgehead atoms. The van der Waals surface area contributed by atoms with Crippen molar-refractivity contribution in [2.75, 3.05) is 11.1 Å². The van der Waals surface area contributed by atoms with Crippen LogP contribution in [0.15, 0.2) is 53.7 Å². The predicted octanol–water partition coefficient (Wildman–Crippen LogP) is 2.69. The van der Waals surface area contributed by atoms with Gasteiger partial charge in [0.15, 0.2) is 11.0 Å². The monoisotopic (exact) mass is 440 g/mol. The Balaban J connectivity index is 1.50. The third kappa shape index (κ3) is 5.89. The average Bonchev–Trinajstić information content (AvgIpc) is 3.11. The molecule has 0 saturated carbocycles. The number of thioether (sulfide) groups is 1. The molecule has 0 aliphatic rings. The van der Waals surface area contributed by atoms with E-state index in [0.29, 0.717) is 22.2 Å². The van der Waals surface area contributed by atoms with Crippen molar-refractivity contribution in [2.24, 2.45) is 7.05 Å². The molecule has 2 aromatic carbocycles. The average molecular weight is 440 g/mol. The number of nitro groups is 1. The lowest BCUT2D eigenvalue weighted by atomic mass is 10.1. The van der Waals surface area contributed by atoms with Crippen molar-refractivity contribution in [1.82, 2.24) is 20.1 Å². The van der Waals surface area contributed by atoms with Gasteiger partial charge in [-0.3, -0.25) is 19.7 Å². The molecule has 11 heteroatoms. The van der Waals surface area contributed by atoms with Crippen LogP contribution in [-0.2, 0) is 18.4 Å². The number of rotatable bonds is 8. The molecule has 0 unspecified atom stereocenters. The highest BCUT2D eigenvalue weighted by Crippen LogP contribution is 2.18. The Bertz CT molecular complexity index is 1100. The molecule has 0 aliphatic carbocycles. The van der Waals surface area contributed by atoms with E-state index in [9.17, 15) is 19.7 Å². The first-order valence-electron chi connectivity index (χ1n) is 9.23. The fraction of sp³-hybridized carbons (Fsp3) is 0.200. The van der Waals surface area contributed by atoms with Crippen LogP contribution >= 0.6 is 11.8 Å². The van der Waals surface area contributed by atoms with Gasteiger partial charge in [0.25, 0.3) is 11.6 Å². The van der Waals surface area contributed by atoms with Crippen molar-refractivity contribution in [1.29, 1.82) is 0 Å². The SMILES string of the molecule is Cc1ccc(C(=O)NCc2nnc(SCC(=O)Nc3ccc([N+](=O)[O-])cc3)n2C)cc1. The van der Waals surface area contributed by atoms with Gasteiger partial charge in [0.05, 0.1) is 17.2 Å². The van der Waals surface area contributed by atoms with E-state index < -0.39 is 4.92 Å². The number of hydrogen-bond acceptors (Lipinski definition) is 7. The van der Waals surface area contributed by atoms with Crippen molar-refractivity contribution in [3.05, 3.63) is 75.6 Å². The molecule has 160 valence electrons. The maximum absolute atomic E-state index is 12.2. The molecule has 2 amide bonds. The minimum absolute atomic E-state index is 0.0477. The normalized spacial score (nSPS) is 10.5. The van der Waals surface area contributed by atoms with E-state index in [2.05, 4.69) is 20.8 Å². The van der Waals surface area contributed by atoms with Gasteiger partial charge in [0.1, 0.15) is 0 Å². The topological polar surface area (TPSA) is 132 Å². The van der Waals surface area contributed by atoms with Crippen molar-refractivity contribution < 1.29 is 14.5 Å². The molecule has 0 fully saturated rings. The fourth-order valence-corrected chi connectivity index (χ4v) is 3.31. The van der Waals surface area contributed by atoms with Crippen LogP contribution in [0.1, 0.15) is 21.7 Å². The lowest BCUT2D eigenvalue weighted by molar-refractivity contribution is -0.384. The van der Waals surface area contributed by atoms with Gasteiger partial charge < -0.3 is 15.2 Å². The number of nitrogens with zero attached hydrogens (tertiary/aromatic N) is 4. The van der Waals surface area contributed by atoms with Crippen LogP contribution < -0.4 is 10.6 Å². The summed E-state index contributed by atoms with van der Waals surface area (Å²) >= 11 is 1.19. The molecule has 1 heterocycles. The summed E-state index contributed by atoms with van der Waals surface area (Å²) in [6, 6.07) is 12.8. The summed E-state index contributed by atoms with van der Waals surface area (Å²) in [5, 5.41) is 24.8. The number of aromatic nitrogens is 3. The molecule has 1 aromatic heterocycles. The van der Waals surface area contributed by atoms with Gasteiger partial charge in [-0.1, -0.05) is 29.5 Å². The smallest absolute Gasteiger partial charge is 0.269 e. The molecule has 0 spiro atoms. The first-order chi connectivity index (χ1) is 14.8. The second-order valence-corrected chi connectivity index (χ2v) is 7.59. The maximum atomic E-state index is 12.2. The van der Waals surface area contributed by atoms with E-state index >= 15 is 0 Å². The lowest BCUT2D eigenvalue weighted by Crippen LogP contribution is -2.24. The third-order valence-corrected chi connectivity index (χ3v) is 5.36. The van der Waals surface area contributed by atoms with Gasteiger partial charge in [-0.25, -0.2) is 0 Å². The van der Waals surface area contributed by atoms with Crippen molar-refractivity contribution in [3.63, 3.8) is 0 Å². The number of non-ortho nitro benzene ring substituents is 1. The Morgan fingerprint density at radius 3 is 2.42 bits per heavy atom. The Hall–Kier alpha value is -3.73. The summed E-state index contributed by atoms with van der Waals surface area (Å²) in [5.41, 5.74) is 2.05. The van der Waals surface area contributed by atoms with Crippen LogP contribution in [0.25, 0.3) is 0 Å².